The third-order valence-electron chi connectivity index (χ3n) is 2.17. The fourth-order valence-electron chi connectivity index (χ4n) is 1.51. The van der Waals surface area contributed by atoms with Gasteiger partial charge in [0.05, 0.1) is 0 Å². The molecule has 0 aromatic heterocycles. The first-order valence-corrected chi connectivity index (χ1v) is 5.47. The van der Waals surface area contributed by atoms with E-state index in [1.165, 1.54) is 19.3 Å². The molecule has 2 atom stereocenters. The second kappa shape index (κ2) is 3.51. The summed E-state index contributed by atoms with van der Waals surface area (Å²) in [5.41, 5.74) is 0. The molecule has 1 nitrogen and oxygen atoms in total. The predicted octanol–water partition coefficient (Wildman–Crippen LogP) is 1.94. The van der Waals surface area contributed by atoms with Crippen LogP contribution in [0.2, 0.25) is 0 Å². The van der Waals surface area contributed by atoms with Crippen LogP contribution in [0.25, 0.3) is 0 Å². The van der Waals surface area contributed by atoms with E-state index in [-0.39, 0.29) is 0 Å². The Kier molecular flexibility index (Phi) is 2.90. The largest absolute Gasteiger partial charge is 0.259 e. The van der Waals surface area contributed by atoms with Crippen molar-refractivity contribution in [2.75, 3.05) is 5.75 Å². The molecule has 0 bridgehead atoms. The van der Waals surface area contributed by atoms with Gasteiger partial charge in [-0.2, -0.15) is 0 Å². The Bertz CT molecular complexity index is 131. The molecule has 0 aromatic rings. The van der Waals surface area contributed by atoms with E-state index >= 15 is 0 Å². The van der Waals surface area contributed by atoms with Gasteiger partial charge in [-0.1, -0.05) is 20.3 Å². The Hall–Kier alpha value is 0.150. The van der Waals surface area contributed by atoms with Gasteiger partial charge in [0, 0.05) is 21.8 Å². The maximum Gasteiger partial charge on any atom is 0.0370 e. The number of hydrogen-bond acceptors (Lipinski definition) is 1. The number of hydrogen-bond donors (Lipinski definition) is 0. The quantitative estimate of drug-likeness (QED) is 0.573. The molecule has 1 fully saturated rings. The van der Waals surface area contributed by atoms with Crippen molar-refractivity contribution in [3.8, 4) is 0 Å². The van der Waals surface area contributed by atoms with E-state index in [4.69, 9.17) is 0 Å². The fourth-order valence-corrected chi connectivity index (χ4v) is 3.34. The van der Waals surface area contributed by atoms with Gasteiger partial charge >= 0.3 is 0 Å². The molecular formula is C8H16OS. The maximum absolute atomic E-state index is 11.3. The second-order valence-corrected chi connectivity index (χ2v) is 5.14. The summed E-state index contributed by atoms with van der Waals surface area (Å²) >= 11 is 0. The van der Waals surface area contributed by atoms with Gasteiger partial charge in [-0.25, -0.2) is 0 Å². The molecule has 0 aliphatic carbocycles. The Morgan fingerprint density at radius 1 is 1.40 bits per heavy atom. The molecule has 0 radical (unpaired) electrons. The van der Waals surface area contributed by atoms with E-state index in [1.54, 1.807) is 0 Å². The van der Waals surface area contributed by atoms with E-state index in [0.29, 0.717) is 11.2 Å². The second-order valence-electron chi connectivity index (χ2n) is 3.36. The van der Waals surface area contributed by atoms with Crippen LogP contribution in [0.3, 0.4) is 0 Å². The summed E-state index contributed by atoms with van der Waals surface area (Å²) in [6, 6.07) is 0. The minimum Gasteiger partial charge on any atom is -0.259 e. The Labute approximate surface area is 65.7 Å². The smallest absolute Gasteiger partial charge is 0.0370 e. The molecule has 10 heavy (non-hydrogen) atoms. The lowest BCUT2D eigenvalue weighted by Crippen LogP contribution is -2.27. The molecule has 0 unspecified atom stereocenters. The molecule has 2 heteroatoms. The summed E-state index contributed by atoms with van der Waals surface area (Å²) < 4.78 is 11.3. The van der Waals surface area contributed by atoms with Crippen LogP contribution in [0.4, 0.5) is 0 Å². The highest BCUT2D eigenvalue weighted by molar-refractivity contribution is 7.85. The summed E-state index contributed by atoms with van der Waals surface area (Å²) in [7, 11) is -0.508. The zero-order valence-electron chi connectivity index (χ0n) is 6.80. The van der Waals surface area contributed by atoms with Gasteiger partial charge in [0.25, 0.3) is 0 Å². The lowest BCUT2D eigenvalue weighted by Gasteiger charge is -2.24. The van der Waals surface area contributed by atoms with Crippen molar-refractivity contribution in [1.82, 2.24) is 0 Å². The summed E-state index contributed by atoms with van der Waals surface area (Å²) in [6.45, 7) is 4.35. The van der Waals surface area contributed by atoms with Crippen molar-refractivity contribution in [3.63, 3.8) is 0 Å². The van der Waals surface area contributed by atoms with Crippen molar-refractivity contribution < 1.29 is 4.21 Å². The molecule has 1 aliphatic rings. The Balaban J connectivity index is 2.48. The lowest BCUT2D eigenvalue weighted by molar-refractivity contribution is 0.514. The summed E-state index contributed by atoms with van der Waals surface area (Å²) in [5, 5.41) is 0.494. The molecular weight excluding hydrogens is 144 g/mol. The molecule has 0 aromatic carbocycles. The van der Waals surface area contributed by atoms with Crippen molar-refractivity contribution in [3.05, 3.63) is 0 Å². The van der Waals surface area contributed by atoms with Gasteiger partial charge in [-0.05, 0) is 18.8 Å². The maximum atomic E-state index is 11.3. The van der Waals surface area contributed by atoms with Crippen LogP contribution in [0.1, 0.15) is 33.1 Å². The summed E-state index contributed by atoms with van der Waals surface area (Å²) in [4.78, 5) is 0. The van der Waals surface area contributed by atoms with Crippen LogP contribution in [0.5, 0.6) is 0 Å². The van der Waals surface area contributed by atoms with Crippen molar-refractivity contribution >= 4 is 10.8 Å². The molecule has 60 valence electrons. The minimum absolute atomic E-state index is 0.494. The Morgan fingerprint density at radius 3 is 2.50 bits per heavy atom. The van der Waals surface area contributed by atoms with Crippen molar-refractivity contribution in [2.24, 2.45) is 5.92 Å². The summed E-state index contributed by atoms with van der Waals surface area (Å²) in [6.07, 6.45) is 3.65. The van der Waals surface area contributed by atoms with Crippen LogP contribution in [0, 0.1) is 5.92 Å². The molecule has 1 rings (SSSR count). The van der Waals surface area contributed by atoms with Crippen LogP contribution in [0.15, 0.2) is 0 Å². The third-order valence-corrected chi connectivity index (χ3v) is 4.31. The molecule has 0 N–H and O–H groups in total. The van der Waals surface area contributed by atoms with Crippen LogP contribution >= 0.6 is 0 Å². The molecule has 0 amide bonds. The first kappa shape index (κ1) is 8.25. The molecule has 1 saturated heterocycles. The van der Waals surface area contributed by atoms with Gasteiger partial charge < -0.3 is 0 Å². The van der Waals surface area contributed by atoms with Crippen LogP contribution in [-0.4, -0.2) is 15.2 Å². The normalized spacial score (nSPS) is 34.7. The van der Waals surface area contributed by atoms with E-state index < -0.39 is 10.8 Å². The highest BCUT2D eigenvalue weighted by Crippen LogP contribution is 2.21. The van der Waals surface area contributed by atoms with Gasteiger partial charge in [0.15, 0.2) is 0 Å². The molecule has 1 heterocycles. The highest BCUT2D eigenvalue weighted by Gasteiger charge is 2.23. The van der Waals surface area contributed by atoms with E-state index in [2.05, 4.69) is 13.8 Å². The SMILES string of the molecule is CC(C)[C@@H]1CCCC[S@]1=O. The standard InChI is InChI=1S/C8H16OS/c1-7(2)8-5-3-4-6-10(8)9/h7-8H,3-6H2,1-2H3/t8-,10+/m0/s1. The van der Waals surface area contributed by atoms with Crippen molar-refractivity contribution in [1.29, 1.82) is 0 Å². The van der Waals surface area contributed by atoms with E-state index in [0.717, 1.165) is 5.75 Å². The molecule has 0 saturated carbocycles. The third kappa shape index (κ3) is 1.82. The first-order valence-electron chi connectivity index (χ1n) is 4.09. The average molecular weight is 160 g/mol. The van der Waals surface area contributed by atoms with Crippen LogP contribution in [-0.2, 0) is 10.8 Å². The number of rotatable bonds is 1. The van der Waals surface area contributed by atoms with Gasteiger partial charge in [0.1, 0.15) is 0 Å². The highest BCUT2D eigenvalue weighted by atomic mass is 32.2. The zero-order valence-corrected chi connectivity index (χ0v) is 7.62. The van der Waals surface area contributed by atoms with Crippen molar-refractivity contribution in [2.45, 2.75) is 38.4 Å². The molecule has 0 spiro atoms. The van der Waals surface area contributed by atoms with Gasteiger partial charge in [0.2, 0.25) is 0 Å². The predicted molar refractivity (Wildman–Crippen MR) is 45.5 cm³/mol. The van der Waals surface area contributed by atoms with Gasteiger partial charge in [-0.3, -0.25) is 4.21 Å². The lowest BCUT2D eigenvalue weighted by atomic mass is 10.0. The van der Waals surface area contributed by atoms with Crippen LogP contribution < -0.4 is 0 Å². The monoisotopic (exact) mass is 160 g/mol. The molecule has 1 aliphatic heterocycles. The fraction of sp³-hybridized carbons (Fsp3) is 1.00. The van der Waals surface area contributed by atoms with E-state index in [1.807, 2.05) is 0 Å². The average Bonchev–Trinajstić information content (AvgIpc) is 1.88. The minimum atomic E-state index is -0.508. The summed E-state index contributed by atoms with van der Waals surface area (Å²) in [5.74, 6) is 1.56. The van der Waals surface area contributed by atoms with Gasteiger partial charge in [-0.15, -0.1) is 0 Å². The Morgan fingerprint density at radius 2 is 2.10 bits per heavy atom. The van der Waals surface area contributed by atoms with E-state index in [9.17, 15) is 4.21 Å². The first-order chi connectivity index (χ1) is 4.72. The zero-order chi connectivity index (χ0) is 7.56. The topological polar surface area (TPSA) is 17.1 Å².